The van der Waals surface area contributed by atoms with Gasteiger partial charge in [-0.05, 0) is 20.8 Å². The first-order chi connectivity index (χ1) is 6.87. The second kappa shape index (κ2) is 6.55. The highest BCUT2D eigenvalue weighted by molar-refractivity contribution is 5.67. The fraction of sp³-hybridized carbons (Fsp3) is 0.889. The second-order valence-electron chi connectivity index (χ2n) is 3.37. The van der Waals surface area contributed by atoms with Crippen LogP contribution in [-0.4, -0.2) is 37.9 Å². The van der Waals surface area contributed by atoms with Gasteiger partial charge in [0.2, 0.25) is 0 Å². The quantitative estimate of drug-likeness (QED) is 0.755. The molecule has 6 heteroatoms. The first kappa shape index (κ1) is 14.1. The molecule has 0 saturated carbocycles. The Morgan fingerprint density at radius 1 is 1.47 bits per heavy atom. The van der Waals surface area contributed by atoms with Crippen molar-refractivity contribution < 1.29 is 24.5 Å². The average Bonchev–Trinajstić information content (AvgIpc) is 2.11. The Bertz CT molecular complexity index is 203. The number of carbonyl (C=O) groups is 1. The Morgan fingerprint density at radius 3 is 2.53 bits per heavy atom. The van der Waals surface area contributed by atoms with E-state index >= 15 is 0 Å². The number of alkyl halides is 2. The van der Waals surface area contributed by atoms with Gasteiger partial charge < -0.3 is 14.8 Å². The second-order valence-corrected chi connectivity index (χ2v) is 3.37. The van der Waals surface area contributed by atoms with Crippen molar-refractivity contribution in [1.82, 2.24) is 5.32 Å². The molecule has 1 amide bonds. The van der Waals surface area contributed by atoms with Crippen molar-refractivity contribution >= 4 is 6.09 Å². The van der Waals surface area contributed by atoms with E-state index in [0.717, 1.165) is 0 Å². The van der Waals surface area contributed by atoms with Crippen LogP contribution in [0.4, 0.5) is 13.6 Å². The highest BCUT2D eigenvalue weighted by atomic mass is 19.3. The number of carbonyl (C=O) groups excluding carboxylic acids is 1. The Morgan fingerprint density at radius 2 is 2.07 bits per heavy atom. The zero-order chi connectivity index (χ0) is 11.9. The minimum Gasteiger partial charge on any atom is -0.443 e. The lowest BCUT2D eigenvalue weighted by atomic mass is 10.4. The smallest absolute Gasteiger partial charge is 0.407 e. The number of ether oxygens (including phenoxy) is 2. The lowest BCUT2D eigenvalue weighted by Crippen LogP contribution is -2.36. The number of alkyl carbamates (subject to hydrolysis) is 1. The van der Waals surface area contributed by atoms with Gasteiger partial charge in [0.25, 0.3) is 0 Å². The predicted molar refractivity (Wildman–Crippen MR) is 53.2 cm³/mol. The van der Waals surface area contributed by atoms with Gasteiger partial charge in [0, 0.05) is 14.1 Å². The van der Waals surface area contributed by atoms with Crippen molar-refractivity contribution in [3.8, 4) is 0 Å². The van der Waals surface area contributed by atoms with E-state index in [0.29, 0.717) is 0 Å². The molecular formula is C9H19F2NO3. The van der Waals surface area contributed by atoms with Crippen LogP contribution in [-0.2, 0) is 9.47 Å². The monoisotopic (exact) mass is 227 g/mol. The molecule has 0 spiro atoms. The fourth-order valence-corrected chi connectivity index (χ4v) is 0.742. The van der Waals surface area contributed by atoms with Crippen molar-refractivity contribution in [2.75, 3.05) is 19.8 Å². The van der Waals surface area contributed by atoms with Crippen molar-refractivity contribution in [3.05, 3.63) is 0 Å². The summed E-state index contributed by atoms with van der Waals surface area (Å²) in [5, 5.41) is 2.34. The molecule has 0 aromatic carbocycles. The molecular weight excluding hydrogens is 208 g/mol. The van der Waals surface area contributed by atoms with Gasteiger partial charge in [0.15, 0.2) is 6.61 Å². The van der Waals surface area contributed by atoms with Crippen molar-refractivity contribution in [3.63, 3.8) is 0 Å². The molecule has 0 radical (unpaired) electrons. The predicted octanol–water partition coefficient (Wildman–Crippen LogP) is 2.04. The molecule has 0 atom stereocenters. The Labute approximate surface area is 89.4 Å². The van der Waals surface area contributed by atoms with Crippen LogP contribution in [0.1, 0.15) is 22.2 Å². The molecule has 92 valence electrons. The van der Waals surface area contributed by atoms with Crippen molar-refractivity contribution in [1.29, 1.82) is 0 Å². The van der Waals surface area contributed by atoms with Gasteiger partial charge in [-0.15, -0.1) is 0 Å². The molecule has 0 aliphatic rings. The molecule has 0 bridgehead atoms. The fourth-order valence-electron chi connectivity index (χ4n) is 0.742. The van der Waals surface area contributed by atoms with Crippen LogP contribution in [0.2, 0.25) is 0 Å². The minimum absolute atomic E-state index is 0. The first-order valence-electron chi connectivity index (χ1n) is 4.76. The van der Waals surface area contributed by atoms with E-state index in [1.807, 2.05) is 0 Å². The van der Waals surface area contributed by atoms with Crippen LogP contribution in [0.25, 0.3) is 0 Å². The molecule has 0 heterocycles. The van der Waals surface area contributed by atoms with Crippen LogP contribution in [0, 0.1) is 0 Å². The molecule has 1 N–H and O–H groups in total. The number of hydrogen-bond donors (Lipinski definition) is 1. The van der Waals surface area contributed by atoms with Gasteiger partial charge >= 0.3 is 12.0 Å². The number of rotatable bonds is 6. The summed E-state index contributed by atoms with van der Waals surface area (Å²) in [4.78, 5) is 10.9. The Balaban J connectivity index is 0. The zero-order valence-corrected chi connectivity index (χ0v) is 9.18. The lowest BCUT2D eigenvalue weighted by molar-refractivity contribution is -0.107. The summed E-state index contributed by atoms with van der Waals surface area (Å²) in [5.74, 6) is -3.13. The number of nitrogens with one attached hydrogen (secondary N) is 1. The molecule has 0 rings (SSSR count). The number of halogens is 2. The largest absolute Gasteiger partial charge is 0.443 e. The topological polar surface area (TPSA) is 47.6 Å². The SMILES string of the molecule is CCOCC(F)(F)COC(=O)NC(C)C.[HH]. The maximum atomic E-state index is 12.9. The van der Waals surface area contributed by atoms with E-state index in [-0.39, 0.29) is 14.1 Å². The molecule has 0 unspecified atom stereocenters. The Hall–Kier alpha value is -0.910. The maximum Gasteiger partial charge on any atom is 0.407 e. The van der Waals surface area contributed by atoms with Gasteiger partial charge in [-0.2, -0.15) is 0 Å². The van der Waals surface area contributed by atoms with Crippen LogP contribution in [0.5, 0.6) is 0 Å². The van der Waals surface area contributed by atoms with Gasteiger partial charge in [0.1, 0.15) is 6.61 Å². The van der Waals surface area contributed by atoms with Gasteiger partial charge in [0.05, 0.1) is 0 Å². The van der Waals surface area contributed by atoms with Crippen molar-refractivity contribution in [2.24, 2.45) is 0 Å². The van der Waals surface area contributed by atoms with Gasteiger partial charge in [-0.25, -0.2) is 13.6 Å². The van der Waals surface area contributed by atoms with Crippen LogP contribution in [0.15, 0.2) is 0 Å². The molecule has 0 aliphatic heterocycles. The van der Waals surface area contributed by atoms with E-state index in [1.54, 1.807) is 20.8 Å². The zero-order valence-electron chi connectivity index (χ0n) is 9.18. The van der Waals surface area contributed by atoms with Crippen LogP contribution >= 0.6 is 0 Å². The third-order valence-corrected chi connectivity index (χ3v) is 1.34. The maximum absolute atomic E-state index is 12.9. The van der Waals surface area contributed by atoms with Crippen molar-refractivity contribution in [2.45, 2.75) is 32.7 Å². The summed E-state index contributed by atoms with van der Waals surface area (Å²) in [6.07, 6.45) is -0.846. The third kappa shape index (κ3) is 8.11. The molecule has 0 aromatic rings. The van der Waals surface area contributed by atoms with E-state index in [9.17, 15) is 13.6 Å². The van der Waals surface area contributed by atoms with E-state index in [2.05, 4.69) is 14.8 Å². The summed E-state index contributed by atoms with van der Waals surface area (Å²) in [6.45, 7) is 3.53. The minimum atomic E-state index is -3.13. The molecule has 0 aliphatic carbocycles. The van der Waals surface area contributed by atoms with Crippen LogP contribution < -0.4 is 5.32 Å². The molecule has 15 heavy (non-hydrogen) atoms. The molecule has 0 fully saturated rings. The molecule has 4 nitrogen and oxygen atoms in total. The van der Waals surface area contributed by atoms with Gasteiger partial charge in [-0.1, -0.05) is 0 Å². The summed E-state index contributed by atoms with van der Waals surface area (Å²) in [7, 11) is 0. The normalized spacial score (nSPS) is 11.6. The molecule has 0 aromatic heterocycles. The summed E-state index contributed by atoms with van der Waals surface area (Å²) < 4.78 is 34.6. The highest BCUT2D eigenvalue weighted by Gasteiger charge is 2.31. The van der Waals surface area contributed by atoms with E-state index in [4.69, 9.17) is 0 Å². The van der Waals surface area contributed by atoms with Gasteiger partial charge in [-0.3, -0.25) is 0 Å². The van der Waals surface area contributed by atoms with E-state index in [1.165, 1.54) is 0 Å². The summed E-state index contributed by atoms with van der Waals surface area (Å²) in [6, 6.07) is -0.141. The number of hydrogen-bond acceptors (Lipinski definition) is 3. The summed E-state index contributed by atoms with van der Waals surface area (Å²) >= 11 is 0. The van der Waals surface area contributed by atoms with Crippen LogP contribution in [0.3, 0.4) is 0 Å². The van der Waals surface area contributed by atoms with E-state index < -0.39 is 25.2 Å². The summed E-state index contributed by atoms with van der Waals surface area (Å²) in [5.41, 5.74) is 0. The Kier molecular flexibility index (Phi) is 6.15. The average molecular weight is 227 g/mol. The lowest BCUT2D eigenvalue weighted by Gasteiger charge is -2.16. The highest BCUT2D eigenvalue weighted by Crippen LogP contribution is 2.14. The third-order valence-electron chi connectivity index (χ3n) is 1.34. The number of amides is 1. The standard InChI is InChI=1S/C9H17F2NO3.H2/c1-4-14-5-9(10,11)6-15-8(13)12-7(2)3;/h7H,4-6H2,1-3H3,(H,12,13);1H. The first-order valence-corrected chi connectivity index (χ1v) is 4.76. The molecule has 0 saturated heterocycles.